The van der Waals surface area contributed by atoms with E-state index in [4.69, 9.17) is 24.1 Å². The van der Waals surface area contributed by atoms with Gasteiger partial charge in [0.05, 0.1) is 5.41 Å². The van der Waals surface area contributed by atoms with Crippen molar-refractivity contribution in [3.63, 3.8) is 0 Å². The fraction of sp³-hybridized carbons (Fsp3) is 0.0172. The number of para-hydroxylation sites is 2. The molecule has 9 aromatic carbocycles. The summed E-state index contributed by atoms with van der Waals surface area (Å²) in [6.07, 6.45) is 0. The Labute approximate surface area is 363 Å². The zero-order valence-electron chi connectivity index (χ0n) is 33.9. The Bertz CT molecular complexity index is 3430. The van der Waals surface area contributed by atoms with Crippen LogP contribution in [0.4, 0.5) is 0 Å². The number of benzene rings is 9. The molecule has 13 rings (SSSR count). The van der Waals surface area contributed by atoms with Crippen LogP contribution in [0.2, 0.25) is 0 Å². The van der Waals surface area contributed by atoms with Gasteiger partial charge in [-0.2, -0.15) is 0 Å². The highest BCUT2D eigenvalue weighted by Crippen LogP contribution is 2.62. The third kappa shape index (κ3) is 5.40. The Kier molecular flexibility index (Phi) is 7.75. The summed E-state index contributed by atoms with van der Waals surface area (Å²) < 4.78 is 13.5. The molecule has 0 amide bonds. The van der Waals surface area contributed by atoms with E-state index in [1.165, 1.54) is 16.7 Å². The molecule has 5 heteroatoms. The number of aromatic nitrogens is 3. The predicted octanol–water partition coefficient (Wildman–Crippen LogP) is 14.6. The Morgan fingerprint density at radius 3 is 1.40 bits per heavy atom. The molecule has 294 valence electrons. The maximum atomic E-state index is 6.89. The maximum Gasteiger partial charge on any atom is 0.164 e. The van der Waals surface area contributed by atoms with Gasteiger partial charge in [0, 0.05) is 38.6 Å². The third-order valence-electron chi connectivity index (χ3n) is 12.8. The summed E-state index contributed by atoms with van der Waals surface area (Å²) in [4.78, 5) is 15.6. The van der Waals surface area contributed by atoms with Gasteiger partial charge in [-0.1, -0.05) is 182 Å². The van der Waals surface area contributed by atoms with Crippen LogP contribution < -0.4 is 4.74 Å². The molecule has 0 radical (unpaired) electrons. The van der Waals surface area contributed by atoms with Crippen LogP contribution in [0.3, 0.4) is 0 Å². The predicted molar refractivity (Wildman–Crippen MR) is 252 cm³/mol. The first kappa shape index (κ1) is 35.4. The van der Waals surface area contributed by atoms with Crippen LogP contribution in [0.5, 0.6) is 11.5 Å². The summed E-state index contributed by atoms with van der Waals surface area (Å²) >= 11 is 0. The largest absolute Gasteiger partial charge is 0.457 e. The normalized spacial score (nSPS) is 13.0. The Hall–Kier alpha value is -8.41. The smallest absolute Gasteiger partial charge is 0.164 e. The summed E-state index contributed by atoms with van der Waals surface area (Å²) in [6, 6.07) is 74.2. The van der Waals surface area contributed by atoms with Crippen molar-refractivity contribution >= 4 is 21.9 Å². The minimum Gasteiger partial charge on any atom is -0.457 e. The summed E-state index contributed by atoms with van der Waals surface area (Å²) in [7, 11) is 0. The molecule has 1 aliphatic carbocycles. The summed E-state index contributed by atoms with van der Waals surface area (Å²) in [5, 5.41) is 1.96. The highest BCUT2D eigenvalue weighted by Gasteiger charge is 2.51. The molecule has 5 nitrogen and oxygen atoms in total. The molecule has 0 N–H and O–H groups in total. The van der Waals surface area contributed by atoms with Crippen molar-refractivity contribution < 1.29 is 9.15 Å². The van der Waals surface area contributed by atoms with E-state index in [-0.39, 0.29) is 0 Å². The Balaban J connectivity index is 1.02. The number of hydrogen-bond donors (Lipinski definition) is 0. The fourth-order valence-electron chi connectivity index (χ4n) is 10.00. The van der Waals surface area contributed by atoms with Crippen molar-refractivity contribution in [3.05, 3.63) is 235 Å². The lowest BCUT2D eigenvalue weighted by atomic mass is 9.66. The molecule has 0 bridgehead atoms. The summed E-state index contributed by atoms with van der Waals surface area (Å²) in [5.74, 6) is 3.49. The molecule has 0 saturated heterocycles. The Morgan fingerprint density at radius 2 is 0.794 bits per heavy atom. The molecular formula is C58H35N3O2. The number of hydrogen-bond acceptors (Lipinski definition) is 5. The first-order chi connectivity index (χ1) is 31.2. The fourth-order valence-corrected chi connectivity index (χ4v) is 10.00. The van der Waals surface area contributed by atoms with E-state index in [0.29, 0.717) is 17.5 Å². The van der Waals surface area contributed by atoms with Crippen LogP contribution in [-0.4, -0.2) is 15.0 Å². The molecular weight excluding hydrogens is 771 g/mol. The van der Waals surface area contributed by atoms with Crippen LogP contribution >= 0.6 is 0 Å². The quantitative estimate of drug-likeness (QED) is 0.173. The topological polar surface area (TPSA) is 61.0 Å². The second kappa shape index (κ2) is 13.8. The molecule has 1 aliphatic heterocycles. The molecule has 2 aliphatic rings. The average Bonchev–Trinajstić information content (AvgIpc) is 3.87. The standard InChI is InChI=1S/C58H35N3O2/c1-3-14-36(15-4-1)38-26-30-40(31-27-38)55-59-56(41-32-28-39(29-33-41)37-16-5-2-6-17-37)61-57(60-55)43-19-13-25-52-54(43)45-34-44-42-18-7-8-20-46(42)58(49(44)35-53(45)63-52)47-21-9-11-23-50(47)62-51-24-12-10-22-48(51)58/h1-35H. The third-order valence-corrected chi connectivity index (χ3v) is 12.8. The van der Waals surface area contributed by atoms with Gasteiger partial charge in [-0.25, -0.2) is 15.0 Å². The van der Waals surface area contributed by atoms with Crippen LogP contribution in [0.25, 0.3) is 89.5 Å². The van der Waals surface area contributed by atoms with E-state index in [2.05, 4.69) is 176 Å². The minimum absolute atomic E-state index is 0.576. The molecule has 0 fully saturated rings. The van der Waals surface area contributed by atoms with Crippen molar-refractivity contribution in [1.82, 2.24) is 15.0 Å². The first-order valence-corrected chi connectivity index (χ1v) is 21.3. The molecule has 1 spiro atoms. The molecule has 11 aromatic rings. The Morgan fingerprint density at radius 1 is 0.317 bits per heavy atom. The molecule has 0 atom stereocenters. The van der Waals surface area contributed by atoms with Crippen LogP contribution in [0.1, 0.15) is 22.3 Å². The number of nitrogens with zero attached hydrogens (tertiary/aromatic N) is 3. The molecule has 63 heavy (non-hydrogen) atoms. The lowest BCUT2D eigenvalue weighted by molar-refractivity contribution is 0.436. The molecule has 0 unspecified atom stereocenters. The number of fused-ring (bicyclic) bond motifs is 12. The molecule has 2 aromatic heterocycles. The van der Waals surface area contributed by atoms with Crippen LogP contribution in [0.15, 0.2) is 217 Å². The first-order valence-electron chi connectivity index (χ1n) is 21.3. The van der Waals surface area contributed by atoms with Gasteiger partial charge < -0.3 is 9.15 Å². The van der Waals surface area contributed by atoms with Gasteiger partial charge in [-0.05, 0) is 74.8 Å². The number of furan rings is 1. The van der Waals surface area contributed by atoms with Crippen molar-refractivity contribution in [2.75, 3.05) is 0 Å². The zero-order chi connectivity index (χ0) is 41.5. The molecule has 0 saturated carbocycles. The van der Waals surface area contributed by atoms with Crippen molar-refractivity contribution in [2.45, 2.75) is 5.41 Å². The van der Waals surface area contributed by atoms with E-state index in [9.17, 15) is 0 Å². The van der Waals surface area contributed by atoms with Gasteiger partial charge in [-0.3, -0.25) is 0 Å². The highest BCUT2D eigenvalue weighted by atomic mass is 16.5. The van der Waals surface area contributed by atoms with E-state index >= 15 is 0 Å². The van der Waals surface area contributed by atoms with E-state index in [1.54, 1.807) is 0 Å². The number of ether oxygens (including phenoxy) is 1. The second-order valence-corrected chi connectivity index (χ2v) is 16.3. The van der Waals surface area contributed by atoms with Gasteiger partial charge >= 0.3 is 0 Å². The lowest BCUT2D eigenvalue weighted by Crippen LogP contribution is -2.32. The van der Waals surface area contributed by atoms with Gasteiger partial charge in [0.2, 0.25) is 0 Å². The van der Waals surface area contributed by atoms with Crippen LogP contribution in [-0.2, 0) is 5.41 Å². The van der Waals surface area contributed by atoms with E-state index in [0.717, 1.165) is 89.1 Å². The summed E-state index contributed by atoms with van der Waals surface area (Å²) in [6.45, 7) is 0. The monoisotopic (exact) mass is 805 g/mol. The maximum absolute atomic E-state index is 6.89. The SMILES string of the molecule is c1ccc(-c2ccc(-c3nc(-c4ccc(-c5ccccc5)cc4)nc(-c4cccc5oc6cc7c(cc6c45)-c4ccccc4C74c5ccccc5Oc5ccccc54)n3)cc2)cc1. The van der Waals surface area contributed by atoms with Gasteiger partial charge in [0.25, 0.3) is 0 Å². The zero-order valence-corrected chi connectivity index (χ0v) is 33.9. The van der Waals surface area contributed by atoms with Crippen molar-refractivity contribution in [3.8, 4) is 79.0 Å². The minimum atomic E-state index is -0.600. The molecule has 3 heterocycles. The van der Waals surface area contributed by atoms with Gasteiger partial charge in [-0.15, -0.1) is 0 Å². The highest BCUT2D eigenvalue weighted by molar-refractivity contribution is 6.14. The average molecular weight is 806 g/mol. The van der Waals surface area contributed by atoms with Crippen LogP contribution in [0, 0.1) is 0 Å². The number of rotatable bonds is 5. The summed E-state index contributed by atoms with van der Waals surface area (Å²) in [5.41, 5.74) is 15.2. The van der Waals surface area contributed by atoms with Crippen molar-refractivity contribution in [1.29, 1.82) is 0 Å². The van der Waals surface area contributed by atoms with Gasteiger partial charge in [0.1, 0.15) is 22.7 Å². The lowest BCUT2D eigenvalue weighted by Gasteiger charge is -2.39. The second-order valence-electron chi connectivity index (χ2n) is 16.3. The van der Waals surface area contributed by atoms with E-state index < -0.39 is 5.41 Å². The van der Waals surface area contributed by atoms with Gasteiger partial charge in [0.15, 0.2) is 17.5 Å². The van der Waals surface area contributed by atoms with E-state index in [1.807, 2.05) is 36.4 Å². The van der Waals surface area contributed by atoms with Crippen molar-refractivity contribution in [2.24, 2.45) is 0 Å².